The van der Waals surface area contributed by atoms with Crippen LogP contribution in [0.5, 0.6) is 0 Å². The molecule has 14 nitrogen and oxygen atoms in total. The van der Waals surface area contributed by atoms with E-state index in [0.717, 1.165) is 7.41 Å². The summed E-state index contributed by atoms with van der Waals surface area (Å²) in [7, 11) is 3.89. The number of esters is 3. The van der Waals surface area contributed by atoms with E-state index in [2.05, 4.69) is 5.23 Å². The lowest BCUT2D eigenvalue weighted by Crippen LogP contribution is -2.81. The molecule has 1 unspecified atom stereocenters. The van der Waals surface area contributed by atoms with E-state index in [1.807, 2.05) is 0 Å². The van der Waals surface area contributed by atoms with E-state index in [4.69, 9.17) is 28.4 Å². The van der Waals surface area contributed by atoms with E-state index in [1.165, 1.54) is 21.1 Å². The molecule has 3 aliphatic carbocycles. The molecule has 1 aliphatic heterocycles. The summed E-state index contributed by atoms with van der Waals surface area (Å²) in [5.41, 5.74) is -5.38. The molecule has 2 bridgehead atoms. The summed E-state index contributed by atoms with van der Waals surface area (Å²) in [5.74, 6) is -5.43. The van der Waals surface area contributed by atoms with Gasteiger partial charge in [0.2, 0.25) is 0 Å². The zero-order valence-electron chi connectivity index (χ0n) is 33.3. The molecule has 57 heavy (non-hydrogen) atoms. The van der Waals surface area contributed by atoms with Gasteiger partial charge in [-0.2, -0.15) is 0 Å². The van der Waals surface area contributed by atoms with E-state index in [0.29, 0.717) is 22.9 Å². The third kappa shape index (κ3) is 6.85. The molecule has 0 aromatic heterocycles. The number of benzene rings is 2. The van der Waals surface area contributed by atoms with E-state index in [-0.39, 0.29) is 25.0 Å². The maximum absolute atomic E-state index is 15.5. The van der Waals surface area contributed by atoms with Crippen molar-refractivity contribution in [1.29, 1.82) is 0 Å². The average Bonchev–Trinajstić information content (AvgIpc) is 3.18. The SMILES string of the molecule is CO[C@H]1C[C@H]2OC[C@@]2(OC(C)=O)C2[C@H](OC(=O)c3ccccc3)[C@]3(O)C[C@H](OC(=O)[C@H](OC)[C@@H](N[B]C=O)c4ccccc4)C(C)=C([C@@H](CO)C(=O)[C@@]21C)C3(C)C. The van der Waals surface area contributed by atoms with Crippen LogP contribution in [0.4, 0.5) is 0 Å². The normalized spacial score (nSPS) is 33.8. The smallest absolute Gasteiger partial charge is 0.338 e. The Morgan fingerprint density at radius 3 is 2.23 bits per heavy atom. The van der Waals surface area contributed by atoms with Crippen molar-refractivity contribution in [1.82, 2.24) is 5.23 Å². The minimum absolute atomic E-state index is 0.122. The molecular formula is C42H51BNO13. The van der Waals surface area contributed by atoms with E-state index in [1.54, 1.807) is 88.4 Å². The van der Waals surface area contributed by atoms with Crippen molar-refractivity contribution in [3.8, 4) is 0 Å². The topological polar surface area (TPSA) is 193 Å². The number of Topliss-reactive ketones (excluding diaryl/α,β-unsaturated/α-hetero) is 1. The predicted octanol–water partition coefficient (Wildman–Crippen LogP) is 2.69. The Morgan fingerprint density at radius 2 is 1.68 bits per heavy atom. The summed E-state index contributed by atoms with van der Waals surface area (Å²) >= 11 is 0. The maximum atomic E-state index is 15.5. The van der Waals surface area contributed by atoms with Crippen molar-refractivity contribution in [3.63, 3.8) is 0 Å². The van der Waals surface area contributed by atoms with Gasteiger partial charge in [0.15, 0.2) is 17.5 Å². The van der Waals surface area contributed by atoms with Crippen LogP contribution < -0.4 is 5.23 Å². The molecule has 2 saturated carbocycles. The van der Waals surface area contributed by atoms with Crippen LogP contribution in [-0.2, 0) is 47.6 Å². The minimum Gasteiger partial charge on any atom is -0.456 e. The standard InChI is InChI=1S/C42H51BNO13/c1-23-28(55-38(50)33(53-7)32(44-43-22-46)25-14-10-8-11-15-25)19-42(51)36(56-37(49)26-16-12-9-13-17-26)34-40(5,35(48)27(20-45)31(23)39(42,3)4)29(52-6)18-30-41(34,21-54-30)57-24(2)47/h8-17,22,27-30,32-34,36,44-45,51H,18-21H2,1-7H3/t27-,28+,29+,30-,32+,33-,34?,36+,40-,41+,42-/m1/s1. The largest absolute Gasteiger partial charge is 0.456 e. The first-order valence-corrected chi connectivity index (χ1v) is 19.1. The number of nitrogens with one attached hydrogen (secondary N) is 1. The van der Waals surface area contributed by atoms with E-state index < -0.39 is 101 Å². The van der Waals surface area contributed by atoms with Crippen LogP contribution in [0.3, 0.4) is 0 Å². The van der Waals surface area contributed by atoms with Gasteiger partial charge in [-0.15, -0.1) is 0 Å². The van der Waals surface area contributed by atoms with Crippen molar-refractivity contribution in [2.24, 2.45) is 22.7 Å². The third-order valence-corrected chi connectivity index (χ3v) is 13.0. The highest BCUT2D eigenvalue weighted by molar-refractivity contribution is 6.64. The van der Waals surface area contributed by atoms with Gasteiger partial charge < -0.3 is 48.7 Å². The lowest BCUT2D eigenvalue weighted by atomic mass is 9.43. The summed E-state index contributed by atoms with van der Waals surface area (Å²) in [6.07, 6.45) is -5.60. The van der Waals surface area contributed by atoms with Gasteiger partial charge in [-0.25, -0.2) is 9.59 Å². The van der Waals surface area contributed by atoms with Gasteiger partial charge in [0.25, 0.3) is 7.41 Å². The summed E-state index contributed by atoms with van der Waals surface area (Å²) in [5, 5.41) is 27.8. The van der Waals surface area contributed by atoms with Crippen molar-refractivity contribution in [2.45, 2.75) is 95.2 Å². The molecule has 1 heterocycles. The van der Waals surface area contributed by atoms with Crippen LogP contribution in [0.2, 0.25) is 0 Å². The fourth-order valence-electron chi connectivity index (χ4n) is 10.2. The number of ketones is 1. The highest BCUT2D eigenvalue weighted by Crippen LogP contribution is 2.65. The molecular weight excluding hydrogens is 737 g/mol. The Morgan fingerprint density at radius 1 is 1.04 bits per heavy atom. The first-order valence-electron chi connectivity index (χ1n) is 19.1. The molecule has 4 aliphatic rings. The number of carbonyl (C=O) groups excluding carboxylic acids is 5. The van der Waals surface area contributed by atoms with Crippen LogP contribution in [0.1, 0.15) is 69.4 Å². The van der Waals surface area contributed by atoms with Crippen molar-refractivity contribution < 1.29 is 62.6 Å². The Balaban J connectivity index is 1.56. The zero-order chi connectivity index (χ0) is 41.5. The van der Waals surface area contributed by atoms with Crippen molar-refractivity contribution in [2.75, 3.05) is 27.4 Å². The zero-order valence-corrected chi connectivity index (χ0v) is 33.3. The van der Waals surface area contributed by atoms with Gasteiger partial charge in [-0.1, -0.05) is 62.4 Å². The van der Waals surface area contributed by atoms with E-state index >= 15 is 4.79 Å². The number of methoxy groups -OCH3 is 2. The van der Waals surface area contributed by atoms with Crippen LogP contribution in [0.15, 0.2) is 71.8 Å². The molecule has 1 radical (unpaired) electrons. The van der Waals surface area contributed by atoms with Gasteiger partial charge in [-0.05, 0) is 42.7 Å². The maximum Gasteiger partial charge on any atom is 0.338 e. The number of carbonyl (C=O) groups is 5. The molecule has 6 rings (SSSR count). The monoisotopic (exact) mass is 788 g/mol. The summed E-state index contributed by atoms with van der Waals surface area (Å²) < 4.78 is 36.6. The molecule has 15 heteroatoms. The number of hydrogen-bond acceptors (Lipinski definition) is 14. The molecule has 305 valence electrons. The predicted molar refractivity (Wildman–Crippen MR) is 204 cm³/mol. The molecule has 0 spiro atoms. The van der Waals surface area contributed by atoms with E-state index in [9.17, 15) is 29.4 Å². The van der Waals surface area contributed by atoms with Crippen molar-refractivity contribution in [3.05, 3.63) is 82.9 Å². The minimum atomic E-state index is -2.18. The number of hydrogen-bond donors (Lipinski definition) is 3. The van der Waals surface area contributed by atoms with Gasteiger partial charge >= 0.3 is 17.9 Å². The van der Waals surface area contributed by atoms with Gasteiger partial charge in [0, 0.05) is 39.4 Å². The third-order valence-electron chi connectivity index (χ3n) is 13.0. The molecule has 1 saturated heterocycles. The van der Waals surface area contributed by atoms with Crippen LogP contribution in [0, 0.1) is 22.7 Å². The Hall–Kier alpha value is -4.25. The lowest BCUT2D eigenvalue weighted by molar-refractivity contribution is -0.347. The second-order valence-electron chi connectivity index (χ2n) is 16.1. The number of fused-ring (bicyclic) bond motifs is 5. The molecule has 3 fully saturated rings. The summed E-state index contributed by atoms with van der Waals surface area (Å²) in [6, 6.07) is 16.1. The quantitative estimate of drug-likeness (QED) is 0.0882. The summed E-state index contributed by atoms with van der Waals surface area (Å²) in [4.78, 5) is 68.4. The number of rotatable bonds is 13. The Labute approximate surface area is 332 Å². The Kier molecular flexibility index (Phi) is 12.0. The molecule has 2 aromatic carbocycles. The fraction of sp³-hybridized carbons (Fsp3) is 0.548. The van der Waals surface area contributed by atoms with Crippen LogP contribution in [0.25, 0.3) is 0 Å². The van der Waals surface area contributed by atoms with Crippen LogP contribution in [-0.4, -0.2) is 117 Å². The number of ether oxygens (including phenoxy) is 6. The lowest BCUT2D eigenvalue weighted by Gasteiger charge is -2.68. The Bertz CT molecular complexity index is 1890. The first-order chi connectivity index (χ1) is 27.1. The second kappa shape index (κ2) is 16.2. The highest BCUT2D eigenvalue weighted by Gasteiger charge is 2.78. The second-order valence-corrected chi connectivity index (χ2v) is 16.1. The molecule has 0 amide bonds. The van der Waals surface area contributed by atoms with Gasteiger partial charge in [0.05, 0.1) is 54.4 Å². The molecule has 3 N–H and O–H groups in total. The molecule has 2 aromatic rings. The molecule has 11 atom stereocenters. The fourth-order valence-corrected chi connectivity index (χ4v) is 10.2. The average molecular weight is 789 g/mol. The first kappa shape index (κ1) is 42.4. The summed E-state index contributed by atoms with van der Waals surface area (Å²) in [6.45, 7) is 7.06. The van der Waals surface area contributed by atoms with Gasteiger partial charge in [0.1, 0.15) is 23.9 Å². The number of aliphatic hydroxyl groups excluding tert-OH is 1. The van der Waals surface area contributed by atoms with Crippen LogP contribution >= 0.6 is 0 Å². The number of aliphatic hydroxyl groups is 2. The van der Waals surface area contributed by atoms with Gasteiger partial charge in [-0.3, -0.25) is 9.59 Å². The van der Waals surface area contributed by atoms with Crippen molar-refractivity contribution >= 4 is 37.3 Å². The highest BCUT2D eigenvalue weighted by atomic mass is 16.6.